The summed E-state index contributed by atoms with van der Waals surface area (Å²) in [7, 11) is 0. The number of halogens is 3. The number of hydrogen-bond donors (Lipinski definition) is 2. The number of nitrogens with two attached hydrogens (primary N) is 1. The summed E-state index contributed by atoms with van der Waals surface area (Å²) in [5, 5.41) is 1.24. The van der Waals surface area contributed by atoms with Gasteiger partial charge in [-0.05, 0) is 61.7 Å². The zero-order valence-corrected chi connectivity index (χ0v) is 19.8. The van der Waals surface area contributed by atoms with Crippen LogP contribution in [0.2, 0.25) is 0 Å². The summed E-state index contributed by atoms with van der Waals surface area (Å²) in [6.45, 7) is 7.83. The van der Waals surface area contributed by atoms with E-state index in [2.05, 4.69) is 5.43 Å². The van der Waals surface area contributed by atoms with Crippen molar-refractivity contribution in [2.45, 2.75) is 33.2 Å². The van der Waals surface area contributed by atoms with Gasteiger partial charge in [0, 0.05) is 22.2 Å². The van der Waals surface area contributed by atoms with Gasteiger partial charge >= 0.3 is 0 Å². The topological polar surface area (TPSA) is 72.2 Å². The molecule has 0 atom stereocenters. The molecule has 0 fully saturated rings. The molecule has 0 radical (unpaired) electrons. The zero-order valence-electron chi connectivity index (χ0n) is 17.4. The fraction of sp³-hybridized carbons (Fsp3) is 0.217. The Balaban J connectivity index is 0.000000930. The van der Waals surface area contributed by atoms with E-state index in [0.29, 0.717) is 11.1 Å². The number of hydrazine groups is 1. The molecule has 0 bridgehead atoms. The highest BCUT2D eigenvalue weighted by Crippen LogP contribution is 2.25. The molecule has 7 heteroatoms. The Kier molecular flexibility index (Phi) is 11.3. The molecule has 4 nitrogen and oxygen atoms in total. The van der Waals surface area contributed by atoms with Crippen molar-refractivity contribution in [3.8, 4) is 0 Å². The molecule has 3 aromatic carbocycles. The van der Waals surface area contributed by atoms with Crippen molar-refractivity contribution in [2.75, 3.05) is 0 Å². The summed E-state index contributed by atoms with van der Waals surface area (Å²) in [4.78, 5) is 24.6. The molecular formula is C23H27Cl3N2O2. The van der Waals surface area contributed by atoms with Gasteiger partial charge in [-0.25, -0.2) is 0 Å². The lowest BCUT2D eigenvalue weighted by Crippen LogP contribution is -2.41. The van der Waals surface area contributed by atoms with Crippen molar-refractivity contribution in [1.82, 2.24) is 5.43 Å². The average Bonchev–Trinajstić information content (AvgIpc) is 2.66. The van der Waals surface area contributed by atoms with Crippen LogP contribution < -0.4 is 11.3 Å². The summed E-state index contributed by atoms with van der Waals surface area (Å²) < 4.78 is 0. The first-order chi connectivity index (χ1) is 13.2. The van der Waals surface area contributed by atoms with Crippen LogP contribution in [0.15, 0.2) is 60.7 Å². The molecule has 3 N–H and O–H groups in total. The Hall–Kier alpha value is -1.95. The van der Waals surface area contributed by atoms with E-state index >= 15 is 0 Å². The lowest BCUT2D eigenvalue weighted by atomic mass is 9.92. The number of nitrogens with one attached hydrogen (secondary N) is 1. The zero-order chi connectivity index (χ0) is 20.9. The Morgan fingerprint density at radius 3 is 1.93 bits per heavy atom. The first-order valence-corrected chi connectivity index (χ1v) is 9.33. The molecule has 0 heterocycles. The summed E-state index contributed by atoms with van der Waals surface area (Å²) >= 11 is 5.64. The maximum Gasteiger partial charge on any atom is 0.253 e. The molecule has 0 aromatic heterocycles. The summed E-state index contributed by atoms with van der Waals surface area (Å²) in [6.07, 6.45) is 0. The predicted octanol–water partition coefficient (Wildman–Crippen LogP) is 5.85. The number of hydrogen-bond acceptors (Lipinski definition) is 4. The van der Waals surface area contributed by atoms with E-state index in [4.69, 9.17) is 17.4 Å². The normalized spacial score (nSPS) is 10.2. The standard InChI is InChI=1S/C19H13ClO2.C4H12N2.2ClH/c1-12-6-4-11-16(19(20)22)17(12)18(21)15-10-5-8-13-7-2-3-9-14(13)15;1-4(2,3)6-5;;/h2-11H,1H3;6H,5H2,1-3H3;2*1H. The number of fused-ring (bicyclic) bond motifs is 1. The van der Waals surface area contributed by atoms with E-state index in [0.717, 1.165) is 16.3 Å². The van der Waals surface area contributed by atoms with Crippen LogP contribution in [-0.4, -0.2) is 16.6 Å². The van der Waals surface area contributed by atoms with Crippen molar-refractivity contribution in [3.63, 3.8) is 0 Å². The summed E-state index contributed by atoms with van der Waals surface area (Å²) in [5.41, 5.74) is 4.61. The van der Waals surface area contributed by atoms with Gasteiger partial charge in [0.05, 0.1) is 0 Å². The van der Waals surface area contributed by atoms with E-state index in [9.17, 15) is 9.59 Å². The second-order valence-electron chi connectivity index (χ2n) is 7.52. The molecule has 0 saturated heterocycles. The summed E-state index contributed by atoms with van der Waals surface area (Å²) in [5.74, 6) is 4.87. The average molecular weight is 470 g/mol. The molecule has 3 rings (SSSR count). The SMILES string of the molecule is CC(C)(C)NN.Cc1cccc(C(=O)Cl)c1C(=O)c1cccc2ccccc12.Cl.Cl. The summed E-state index contributed by atoms with van der Waals surface area (Å²) in [6, 6.07) is 18.4. The van der Waals surface area contributed by atoms with Gasteiger partial charge in [0.1, 0.15) is 0 Å². The predicted molar refractivity (Wildman–Crippen MR) is 130 cm³/mol. The van der Waals surface area contributed by atoms with Crippen LogP contribution in [0.1, 0.15) is 52.6 Å². The van der Waals surface area contributed by atoms with Crippen molar-refractivity contribution in [1.29, 1.82) is 0 Å². The maximum atomic E-state index is 13.0. The third kappa shape index (κ3) is 7.08. The lowest BCUT2D eigenvalue weighted by Gasteiger charge is -2.14. The first-order valence-electron chi connectivity index (χ1n) is 8.95. The van der Waals surface area contributed by atoms with Crippen molar-refractivity contribution in [2.24, 2.45) is 5.84 Å². The second-order valence-corrected chi connectivity index (χ2v) is 7.86. The molecule has 0 aliphatic carbocycles. The van der Waals surface area contributed by atoms with Gasteiger partial charge in [-0.1, -0.05) is 54.6 Å². The Morgan fingerprint density at radius 1 is 0.867 bits per heavy atom. The van der Waals surface area contributed by atoms with E-state index in [-0.39, 0.29) is 41.7 Å². The highest BCUT2D eigenvalue weighted by molar-refractivity contribution is 6.68. The molecular weight excluding hydrogens is 443 g/mol. The molecule has 3 aromatic rings. The van der Waals surface area contributed by atoms with Crippen LogP contribution in [-0.2, 0) is 0 Å². The van der Waals surface area contributed by atoms with E-state index in [1.54, 1.807) is 18.2 Å². The van der Waals surface area contributed by atoms with Crippen molar-refractivity contribution < 1.29 is 9.59 Å². The first kappa shape index (κ1) is 28.1. The Bertz CT molecular complexity index is 1010. The highest BCUT2D eigenvalue weighted by Gasteiger charge is 2.20. The monoisotopic (exact) mass is 468 g/mol. The minimum atomic E-state index is -0.618. The van der Waals surface area contributed by atoms with E-state index < -0.39 is 5.24 Å². The lowest BCUT2D eigenvalue weighted by molar-refractivity contribution is 0.102. The minimum absolute atomic E-state index is 0. The largest absolute Gasteiger partial charge is 0.289 e. The van der Waals surface area contributed by atoms with Gasteiger partial charge in [-0.2, -0.15) is 0 Å². The molecule has 0 aliphatic heterocycles. The Morgan fingerprint density at radius 2 is 1.37 bits per heavy atom. The molecule has 0 unspecified atom stereocenters. The third-order valence-electron chi connectivity index (χ3n) is 4.18. The van der Waals surface area contributed by atoms with E-state index in [1.807, 2.05) is 70.2 Å². The van der Waals surface area contributed by atoms with E-state index in [1.165, 1.54) is 0 Å². The van der Waals surface area contributed by atoms with Crippen LogP contribution in [0.4, 0.5) is 0 Å². The number of carbonyl (C=O) groups excluding carboxylic acids is 2. The van der Waals surface area contributed by atoms with Gasteiger partial charge < -0.3 is 0 Å². The smallest absolute Gasteiger partial charge is 0.253 e. The quantitative estimate of drug-likeness (QED) is 0.218. The fourth-order valence-electron chi connectivity index (χ4n) is 2.69. The molecule has 0 aliphatic rings. The third-order valence-corrected chi connectivity index (χ3v) is 4.38. The van der Waals surface area contributed by atoms with Crippen LogP contribution in [0.25, 0.3) is 10.8 Å². The van der Waals surface area contributed by atoms with Crippen LogP contribution in [0.5, 0.6) is 0 Å². The number of rotatable bonds is 3. The number of aryl methyl sites for hydroxylation is 1. The minimum Gasteiger partial charge on any atom is -0.289 e. The van der Waals surface area contributed by atoms with Gasteiger partial charge in [-0.3, -0.25) is 20.9 Å². The van der Waals surface area contributed by atoms with Gasteiger partial charge in [-0.15, -0.1) is 24.8 Å². The second kappa shape index (κ2) is 12.0. The van der Waals surface area contributed by atoms with Crippen LogP contribution in [0, 0.1) is 6.92 Å². The molecule has 0 saturated carbocycles. The van der Waals surface area contributed by atoms with Gasteiger partial charge in [0.2, 0.25) is 0 Å². The Labute approximate surface area is 195 Å². The van der Waals surface area contributed by atoms with Gasteiger partial charge in [0.15, 0.2) is 5.78 Å². The molecule has 30 heavy (non-hydrogen) atoms. The highest BCUT2D eigenvalue weighted by atomic mass is 35.5. The fourth-order valence-corrected chi connectivity index (χ4v) is 2.85. The van der Waals surface area contributed by atoms with Crippen LogP contribution in [0.3, 0.4) is 0 Å². The number of carbonyl (C=O) groups is 2. The van der Waals surface area contributed by atoms with Crippen LogP contribution >= 0.6 is 36.4 Å². The molecule has 0 amide bonds. The maximum absolute atomic E-state index is 13.0. The van der Waals surface area contributed by atoms with Gasteiger partial charge in [0.25, 0.3) is 5.24 Å². The number of benzene rings is 3. The van der Waals surface area contributed by atoms with Crippen molar-refractivity contribution in [3.05, 3.63) is 82.9 Å². The van der Waals surface area contributed by atoms with Crippen molar-refractivity contribution >= 4 is 58.2 Å². The molecule has 0 spiro atoms. The number of ketones is 1. The molecule has 162 valence electrons.